The maximum Gasteiger partial charge on any atom is 0.255 e. The van der Waals surface area contributed by atoms with Crippen LogP contribution < -0.4 is 24.3 Å². The predicted molar refractivity (Wildman–Crippen MR) is 136 cm³/mol. The predicted octanol–water partition coefficient (Wildman–Crippen LogP) is 4.84. The Labute approximate surface area is 210 Å². The summed E-state index contributed by atoms with van der Waals surface area (Å²) in [4.78, 5) is 28.3. The summed E-state index contributed by atoms with van der Waals surface area (Å²) in [6, 6.07) is 17.6. The lowest BCUT2D eigenvalue weighted by atomic mass is 10.0. The maximum atomic E-state index is 13.3. The van der Waals surface area contributed by atoms with E-state index in [1.54, 1.807) is 44.4 Å². The van der Waals surface area contributed by atoms with E-state index < -0.39 is 6.04 Å². The van der Waals surface area contributed by atoms with Gasteiger partial charge in [-0.3, -0.25) is 9.59 Å². The minimum atomic E-state index is -0.526. The van der Waals surface area contributed by atoms with Gasteiger partial charge >= 0.3 is 0 Å². The molecule has 8 heteroatoms. The molecule has 36 heavy (non-hydrogen) atoms. The highest BCUT2D eigenvalue weighted by atomic mass is 16.5. The monoisotopic (exact) mass is 490 g/mol. The zero-order valence-corrected chi connectivity index (χ0v) is 20.9. The molecule has 0 unspecified atom stereocenters. The Balaban J connectivity index is 1.65. The third-order valence-corrected chi connectivity index (χ3v) is 6.11. The van der Waals surface area contributed by atoms with Crippen LogP contribution in [0.4, 0.5) is 5.69 Å². The molecule has 1 aliphatic rings. The van der Waals surface area contributed by atoms with Crippen molar-refractivity contribution in [3.8, 4) is 23.0 Å². The van der Waals surface area contributed by atoms with Crippen molar-refractivity contribution < 1.29 is 28.5 Å². The molecule has 0 fully saturated rings. The van der Waals surface area contributed by atoms with Crippen LogP contribution in [0.1, 0.15) is 40.9 Å². The third kappa shape index (κ3) is 5.22. The van der Waals surface area contributed by atoms with E-state index in [-0.39, 0.29) is 18.2 Å². The van der Waals surface area contributed by atoms with Crippen LogP contribution in [0.2, 0.25) is 0 Å². The van der Waals surface area contributed by atoms with E-state index in [4.69, 9.17) is 18.9 Å². The second-order valence-electron chi connectivity index (χ2n) is 8.30. The van der Waals surface area contributed by atoms with E-state index in [1.807, 2.05) is 49.4 Å². The van der Waals surface area contributed by atoms with E-state index in [2.05, 4.69) is 5.32 Å². The Hall–Kier alpha value is -4.20. The summed E-state index contributed by atoms with van der Waals surface area (Å²) in [7, 11) is 4.66. The van der Waals surface area contributed by atoms with Crippen molar-refractivity contribution in [1.82, 2.24) is 4.90 Å². The van der Waals surface area contributed by atoms with Crippen LogP contribution in [0, 0.1) is 0 Å². The number of hydrogen-bond donors (Lipinski definition) is 1. The van der Waals surface area contributed by atoms with Gasteiger partial charge in [-0.2, -0.15) is 0 Å². The molecule has 0 spiro atoms. The SMILES string of the molecule is CCOc1ccc([C@@H](CC(=O)Nc2cc(OC)cc(OC)c2)N2Cc3ccccc3C2=O)cc1OC. The van der Waals surface area contributed by atoms with Crippen LogP contribution in [0.25, 0.3) is 0 Å². The molecule has 0 saturated carbocycles. The Kier molecular flexibility index (Phi) is 7.63. The van der Waals surface area contributed by atoms with E-state index in [1.165, 1.54) is 0 Å². The van der Waals surface area contributed by atoms with E-state index >= 15 is 0 Å². The molecule has 1 N–H and O–H groups in total. The van der Waals surface area contributed by atoms with Crippen LogP contribution in [0.3, 0.4) is 0 Å². The summed E-state index contributed by atoms with van der Waals surface area (Å²) in [5.41, 5.74) is 2.90. The Morgan fingerprint density at radius 2 is 1.67 bits per heavy atom. The fourth-order valence-corrected chi connectivity index (χ4v) is 4.37. The molecule has 4 rings (SSSR count). The molecular formula is C28H30N2O6. The summed E-state index contributed by atoms with van der Waals surface area (Å²) in [6.07, 6.45) is 0.0381. The van der Waals surface area contributed by atoms with Gasteiger partial charge in [-0.25, -0.2) is 0 Å². The minimum Gasteiger partial charge on any atom is -0.497 e. The summed E-state index contributed by atoms with van der Waals surface area (Å²) in [5.74, 6) is 1.89. The van der Waals surface area contributed by atoms with Gasteiger partial charge < -0.3 is 29.2 Å². The van der Waals surface area contributed by atoms with Gasteiger partial charge in [-0.05, 0) is 36.2 Å². The van der Waals surface area contributed by atoms with Crippen molar-refractivity contribution >= 4 is 17.5 Å². The number of nitrogens with one attached hydrogen (secondary N) is 1. The smallest absolute Gasteiger partial charge is 0.255 e. The Bertz CT molecular complexity index is 1240. The van der Waals surface area contributed by atoms with Crippen LogP contribution in [-0.4, -0.2) is 44.7 Å². The normalized spacial score (nSPS) is 13.1. The summed E-state index contributed by atoms with van der Waals surface area (Å²) in [6.45, 7) is 2.80. The molecule has 0 saturated heterocycles. The van der Waals surface area contributed by atoms with Crippen molar-refractivity contribution in [3.63, 3.8) is 0 Å². The lowest BCUT2D eigenvalue weighted by Gasteiger charge is -2.28. The first-order chi connectivity index (χ1) is 17.5. The molecule has 0 radical (unpaired) electrons. The first-order valence-electron chi connectivity index (χ1n) is 11.7. The topological polar surface area (TPSA) is 86.3 Å². The average Bonchev–Trinajstić information content (AvgIpc) is 3.23. The number of fused-ring (bicyclic) bond motifs is 1. The van der Waals surface area contributed by atoms with Gasteiger partial charge in [0.2, 0.25) is 5.91 Å². The molecule has 2 amide bonds. The summed E-state index contributed by atoms with van der Waals surface area (Å²) in [5, 5.41) is 2.92. The summed E-state index contributed by atoms with van der Waals surface area (Å²) >= 11 is 0. The Morgan fingerprint density at radius 3 is 2.31 bits per heavy atom. The van der Waals surface area contributed by atoms with E-state index in [0.717, 1.165) is 11.1 Å². The van der Waals surface area contributed by atoms with Crippen LogP contribution in [0.5, 0.6) is 23.0 Å². The van der Waals surface area contributed by atoms with E-state index in [9.17, 15) is 9.59 Å². The molecule has 1 aliphatic heterocycles. The van der Waals surface area contributed by atoms with Gasteiger partial charge in [0.1, 0.15) is 11.5 Å². The molecule has 3 aromatic carbocycles. The third-order valence-electron chi connectivity index (χ3n) is 6.11. The molecule has 8 nitrogen and oxygen atoms in total. The molecule has 188 valence electrons. The van der Waals surface area contributed by atoms with Crippen molar-refractivity contribution in [2.45, 2.75) is 25.9 Å². The van der Waals surface area contributed by atoms with Gasteiger partial charge in [0.15, 0.2) is 11.5 Å². The van der Waals surface area contributed by atoms with Gasteiger partial charge in [0, 0.05) is 36.0 Å². The first kappa shape index (κ1) is 24.9. The van der Waals surface area contributed by atoms with E-state index in [0.29, 0.717) is 47.4 Å². The second-order valence-corrected chi connectivity index (χ2v) is 8.30. The second kappa shape index (κ2) is 11.0. The maximum absolute atomic E-state index is 13.3. The van der Waals surface area contributed by atoms with Gasteiger partial charge in [-0.15, -0.1) is 0 Å². The zero-order chi connectivity index (χ0) is 25.7. The number of hydrogen-bond acceptors (Lipinski definition) is 6. The highest BCUT2D eigenvalue weighted by molar-refractivity contribution is 5.99. The molecule has 0 bridgehead atoms. The number of ether oxygens (including phenoxy) is 4. The largest absolute Gasteiger partial charge is 0.497 e. The number of methoxy groups -OCH3 is 3. The van der Waals surface area contributed by atoms with Crippen molar-refractivity contribution in [2.75, 3.05) is 33.3 Å². The van der Waals surface area contributed by atoms with Crippen LogP contribution in [0.15, 0.2) is 60.7 Å². The molecule has 1 heterocycles. The lowest BCUT2D eigenvalue weighted by Crippen LogP contribution is -2.32. The van der Waals surface area contributed by atoms with Crippen LogP contribution >= 0.6 is 0 Å². The lowest BCUT2D eigenvalue weighted by molar-refractivity contribution is -0.117. The van der Waals surface area contributed by atoms with Crippen LogP contribution in [-0.2, 0) is 11.3 Å². The van der Waals surface area contributed by atoms with Gasteiger partial charge in [-0.1, -0.05) is 24.3 Å². The van der Waals surface area contributed by atoms with Gasteiger partial charge in [0.25, 0.3) is 5.91 Å². The van der Waals surface area contributed by atoms with Crippen molar-refractivity contribution in [1.29, 1.82) is 0 Å². The van der Waals surface area contributed by atoms with Crippen molar-refractivity contribution in [2.24, 2.45) is 0 Å². The molecule has 0 aliphatic carbocycles. The molecule has 1 atom stereocenters. The summed E-state index contributed by atoms with van der Waals surface area (Å²) < 4.78 is 21.8. The highest BCUT2D eigenvalue weighted by Gasteiger charge is 2.35. The number of carbonyl (C=O) groups excluding carboxylic acids is 2. The number of benzene rings is 3. The molecule has 3 aromatic rings. The number of nitrogens with zero attached hydrogens (tertiary/aromatic N) is 1. The standard InChI is InChI=1S/C28H30N2O6/c1-5-36-25-11-10-18(12-26(25)35-4)24(30-17-19-8-6-7-9-23(19)28(30)32)16-27(31)29-20-13-21(33-2)15-22(14-20)34-3/h6-15,24H,5,16-17H2,1-4H3,(H,29,31)/t24-/m1/s1. The average molecular weight is 491 g/mol. The highest BCUT2D eigenvalue weighted by Crippen LogP contribution is 2.38. The quantitative estimate of drug-likeness (QED) is 0.438. The fraction of sp³-hybridized carbons (Fsp3) is 0.286. The zero-order valence-electron chi connectivity index (χ0n) is 20.9. The number of anilines is 1. The number of carbonyl (C=O) groups is 2. The number of amides is 2. The first-order valence-corrected chi connectivity index (χ1v) is 11.7. The molecule has 0 aromatic heterocycles. The Morgan fingerprint density at radius 1 is 0.944 bits per heavy atom. The number of rotatable bonds is 10. The van der Waals surface area contributed by atoms with Crippen molar-refractivity contribution in [3.05, 3.63) is 77.4 Å². The fourth-order valence-electron chi connectivity index (χ4n) is 4.37. The van der Waals surface area contributed by atoms with Gasteiger partial charge in [0.05, 0.1) is 40.4 Å². The minimum absolute atomic E-state index is 0.0381. The molecular weight excluding hydrogens is 460 g/mol.